The predicted octanol–water partition coefficient (Wildman–Crippen LogP) is 2.70. The summed E-state index contributed by atoms with van der Waals surface area (Å²) < 4.78 is 0. The highest BCUT2D eigenvalue weighted by Crippen LogP contribution is 2.34. The number of aromatic nitrogens is 1. The number of hydrogen-bond donors (Lipinski definition) is 3. The van der Waals surface area contributed by atoms with E-state index in [1.807, 2.05) is 36.4 Å². The Hall–Kier alpha value is -3.19. The first-order chi connectivity index (χ1) is 11.5. The minimum atomic E-state index is -1.15. The zero-order valence-corrected chi connectivity index (χ0v) is 12.6. The maximum absolute atomic E-state index is 11.5. The molecule has 0 aliphatic carbocycles. The van der Waals surface area contributed by atoms with Crippen LogP contribution in [0.5, 0.6) is 0 Å². The van der Waals surface area contributed by atoms with Gasteiger partial charge < -0.3 is 15.8 Å². The van der Waals surface area contributed by atoms with Crippen LogP contribution in [0.15, 0.2) is 48.7 Å². The maximum atomic E-state index is 11.5. The fraction of sp³-hybridized carbons (Fsp3) is 0.118. The molecule has 122 valence electrons. The lowest BCUT2D eigenvalue weighted by atomic mass is 9.99. The number of rotatable bonds is 5. The number of aromatic amines is 1. The van der Waals surface area contributed by atoms with Crippen molar-refractivity contribution in [1.29, 1.82) is 0 Å². The molecule has 1 heterocycles. The number of nitrogens with one attached hydrogen (secondary N) is 1. The molecule has 0 aliphatic heterocycles. The highest BCUT2D eigenvalue weighted by Gasteiger charge is 2.22. The number of aliphatic carboxylic acids is 1. The number of nitrogens with two attached hydrogens (primary N) is 1. The third-order valence-corrected chi connectivity index (χ3v) is 3.90. The van der Waals surface area contributed by atoms with E-state index in [0.29, 0.717) is 22.0 Å². The molecule has 24 heavy (non-hydrogen) atoms. The van der Waals surface area contributed by atoms with Crippen molar-refractivity contribution in [2.75, 3.05) is 0 Å². The molecule has 3 rings (SSSR count). The summed E-state index contributed by atoms with van der Waals surface area (Å²) in [5, 5.41) is 20.9. The number of H-pyrrole nitrogens is 1. The van der Waals surface area contributed by atoms with E-state index >= 15 is 0 Å². The van der Waals surface area contributed by atoms with Crippen molar-refractivity contribution in [3.8, 4) is 11.1 Å². The maximum Gasteiger partial charge on any atom is 0.320 e. The summed E-state index contributed by atoms with van der Waals surface area (Å²) in [5.41, 5.74) is 8.17. The molecule has 1 unspecified atom stereocenters. The summed E-state index contributed by atoms with van der Waals surface area (Å²) in [7, 11) is 0. The van der Waals surface area contributed by atoms with Crippen molar-refractivity contribution in [3.05, 3.63) is 64.3 Å². The molecule has 7 heteroatoms. The fourth-order valence-electron chi connectivity index (χ4n) is 2.74. The number of fused-ring (bicyclic) bond motifs is 1. The van der Waals surface area contributed by atoms with Crippen LogP contribution in [0.25, 0.3) is 22.0 Å². The van der Waals surface area contributed by atoms with Gasteiger partial charge in [0.05, 0.1) is 15.8 Å². The Balaban J connectivity index is 2.16. The van der Waals surface area contributed by atoms with Crippen LogP contribution in [0.1, 0.15) is 5.56 Å². The van der Waals surface area contributed by atoms with Crippen molar-refractivity contribution in [1.82, 2.24) is 4.98 Å². The zero-order valence-electron chi connectivity index (χ0n) is 12.6. The van der Waals surface area contributed by atoms with Gasteiger partial charge in [0.25, 0.3) is 5.69 Å². The molecule has 1 aromatic heterocycles. The second kappa shape index (κ2) is 6.13. The van der Waals surface area contributed by atoms with Gasteiger partial charge in [-0.1, -0.05) is 30.3 Å². The lowest BCUT2D eigenvalue weighted by Gasteiger charge is -2.07. The number of nitro groups is 1. The molecule has 2 aromatic carbocycles. The van der Waals surface area contributed by atoms with Crippen LogP contribution in [0, 0.1) is 10.1 Å². The molecular formula is C17H15N3O4. The van der Waals surface area contributed by atoms with E-state index in [9.17, 15) is 14.9 Å². The van der Waals surface area contributed by atoms with Crippen LogP contribution >= 0.6 is 0 Å². The normalized spacial score (nSPS) is 12.2. The first-order valence-corrected chi connectivity index (χ1v) is 7.29. The molecule has 0 spiro atoms. The Morgan fingerprint density at radius 3 is 2.58 bits per heavy atom. The Kier molecular flexibility index (Phi) is 4.01. The summed E-state index contributed by atoms with van der Waals surface area (Å²) in [4.78, 5) is 25.0. The fourth-order valence-corrected chi connectivity index (χ4v) is 2.74. The van der Waals surface area contributed by atoms with Gasteiger partial charge in [0.15, 0.2) is 0 Å². The summed E-state index contributed by atoms with van der Waals surface area (Å²) >= 11 is 0. The Labute approximate surface area is 136 Å². The molecule has 0 saturated carbocycles. The van der Waals surface area contributed by atoms with Crippen molar-refractivity contribution in [2.24, 2.45) is 5.73 Å². The number of nitrogens with zero attached hydrogens (tertiary/aromatic N) is 1. The van der Waals surface area contributed by atoms with Gasteiger partial charge in [0.2, 0.25) is 0 Å². The molecule has 3 aromatic rings. The monoisotopic (exact) mass is 325 g/mol. The van der Waals surface area contributed by atoms with Crippen LogP contribution in [0.4, 0.5) is 5.69 Å². The molecule has 0 saturated heterocycles. The van der Waals surface area contributed by atoms with Gasteiger partial charge in [-0.3, -0.25) is 14.9 Å². The van der Waals surface area contributed by atoms with Crippen LogP contribution in [0.2, 0.25) is 0 Å². The molecule has 0 amide bonds. The van der Waals surface area contributed by atoms with Crippen molar-refractivity contribution >= 4 is 22.6 Å². The first-order valence-electron chi connectivity index (χ1n) is 7.29. The van der Waals surface area contributed by atoms with Crippen molar-refractivity contribution < 1.29 is 14.8 Å². The minimum absolute atomic E-state index is 0.0147. The van der Waals surface area contributed by atoms with Crippen molar-refractivity contribution in [2.45, 2.75) is 12.5 Å². The van der Waals surface area contributed by atoms with Gasteiger partial charge in [0.1, 0.15) is 6.04 Å². The lowest BCUT2D eigenvalue weighted by Crippen LogP contribution is -2.32. The number of hydrogen-bond acceptors (Lipinski definition) is 4. The third kappa shape index (κ3) is 2.84. The summed E-state index contributed by atoms with van der Waals surface area (Å²) in [5.74, 6) is -1.15. The molecule has 0 fully saturated rings. The highest BCUT2D eigenvalue weighted by molar-refractivity contribution is 5.96. The third-order valence-electron chi connectivity index (χ3n) is 3.90. The van der Waals surface area contributed by atoms with E-state index in [0.717, 1.165) is 5.56 Å². The van der Waals surface area contributed by atoms with Gasteiger partial charge in [-0.25, -0.2) is 0 Å². The van der Waals surface area contributed by atoms with E-state index < -0.39 is 16.9 Å². The molecular weight excluding hydrogens is 310 g/mol. The van der Waals surface area contributed by atoms with Gasteiger partial charge in [-0.15, -0.1) is 0 Å². The van der Waals surface area contributed by atoms with Gasteiger partial charge in [-0.2, -0.15) is 0 Å². The van der Waals surface area contributed by atoms with E-state index in [-0.39, 0.29) is 12.1 Å². The van der Waals surface area contributed by atoms with E-state index in [4.69, 9.17) is 10.8 Å². The zero-order chi connectivity index (χ0) is 17.3. The number of benzene rings is 2. The van der Waals surface area contributed by atoms with Gasteiger partial charge in [-0.05, 0) is 22.8 Å². The summed E-state index contributed by atoms with van der Waals surface area (Å²) in [6.45, 7) is 0. The van der Waals surface area contributed by atoms with Crippen molar-refractivity contribution in [3.63, 3.8) is 0 Å². The molecule has 1 atom stereocenters. The second-order valence-electron chi connectivity index (χ2n) is 5.50. The Morgan fingerprint density at radius 1 is 1.25 bits per heavy atom. The lowest BCUT2D eigenvalue weighted by molar-refractivity contribution is -0.383. The predicted molar refractivity (Wildman–Crippen MR) is 89.7 cm³/mol. The van der Waals surface area contributed by atoms with Crippen LogP contribution in [0.3, 0.4) is 0 Å². The topological polar surface area (TPSA) is 122 Å². The highest BCUT2D eigenvalue weighted by atomic mass is 16.6. The minimum Gasteiger partial charge on any atom is -0.480 e. The van der Waals surface area contributed by atoms with Gasteiger partial charge in [0, 0.05) is 18.7 Å². The summed E-state index contributed by atoms with van der Waals surface area (Å²) in [6, 6.07) is 11.5. The SMILES string of the molecule is NC(Cc1c[nH]c2cc(-c3ccccc3)cc([N+](=O)[O-])c12)C(=O)O. The van der Waals surface area contributed by atoms with E-state index in [2.05, 4.69) is 4.98 Å². The van der Waals surface area contributed by atoms with Crippen LogP contribution in [-0.2, 0) is 11.2 Å². The molecule has 7 nitrogen and oxygen atoms in total. The molecule has 4 N–H and O–H groups in total. The number of carbonyl (C=O) groups is 1. The largest absolute Gasteiger partial charge is 0.480 e. The van der Waals surface area contributed by atoms with Crippen LogP contribution < -0.4 is 5.73 Å². The molecule has 0 aliphatic rings. The van der Waals surface area contributed by atoms with E-state index in [1.165, 1.54) is 6.07 Å². The quantitative estimate of drug-likeness (QED) is 0.491. The van der Waals surface area contributed by atoms with E-state index in [1.54, 1.807) is 6.20 Å². The standard InChI is InChI=1S/C17H15N3O4/c18-13(17(21)22)6-12-9-19-14-7-11(10-4-2-1-3-5-10)8-15(16(12)14)20(23)24/h1-5,7-9,13,19H,6,18H2,(H,21,22). The molecule has 0 bridgehead atoms. The number of nitro benzene ring substituents is 1. The second-order valence-corrected chi connectivity index (χ2v) is 5.50. The number of non-ortho nitro benzene ring substituents is 1. The molecule has 0 radical (unpaired) electrons. The first kappa shape index (κ1) is 15.7. The average Bonchev–Trinajstić information content (AvgIpc) is 2.97. The Morgan fingerprint density at radius 2 is 1.96 bits per heavy atom. The smallest absolute Gasteiger partial charge is 0.320 e. The van der Waals surface area contributed by atoms with Gasteiger partial charge >= 0.3 is 5.97 Å². The number of carboxylic acid groups (broad SMARTS) is 1. The number of carboxylic acids is 1. The summed E-state index contributed by atoms with van der Waals surface area (Å²) in [6.07, 6.45) is 1.59. The average molecular weight is 325 g/mol. The Bertz CT molecular complexity index is 918. The van der Waals surface area contributed by atoms with Crippen LogP contribution in [-0.4, -0.2) is 27.0 Å².